The molecule has 2 aromatic rings. The molecule has 0 bridgehead atoms. The van der Waals surface area contributed by atoms with Crippen molar-refractivity contribution in [3.63, 3.8) is 0 Å². The maximum absolute atomic E-state index is 11.7. The largest absolute Gasteiger partial charge is 0.493 e. The summed E-state index contributed by atoms with van der Waals surface area (Å²) in [4.78, 5) is 11.7. The minimum Gasteiger partial charge on any atom is -0.493 e. The van der Waals surface area contributed by atoms with Crippen molar-refractivity contribution in [2.75, 3.05) is 20.3 Å². The first kappa shape index (κ1) is 16.9. The summed E-state index contributed by atoms with van der Waals surface area (Å²) in [5.74, 6) is 1.66. The van der Waals surface area contributed by atoms with Crippen molar-refractivity contribution in [2.24, 2.45) is 0 Å². The first-order valence-electron chi connectivity index (χ1n) is 7.92. The molecular weight excluding hydrogens is 294 g/mol. The molecule has 5 nitrogen and oxygen atoms in total. The van der Waals surface area contributed by atoms with E-state index in [1.807, 2.05) is 31.2 Å². The van der Waals surface area contributed by atoms with Gasteiger partial charge in [0.1, 0.15) is 5.75 Å². The van der Waals surface area contributed by atoms with Crippen LogP contribution in [0.4, 0.5) is 4.79 Å². The van der Waals surface area contributed by atoms with E-state index in [4.69, 9.17) is 14.2 Å². The van der Waals surface area contributed by atoms with Crippen LogP contribution in [-0.2, 0) is 0 Å². The minimum atomic E-state index is -0.529. The van der Waals surface area contributed by atoms with Gasteiger partial charge in [0.15, 0.2) is 11.5 Å². The summed E-state index contributed by atoms with van der Waals surface area (Å²) in [6.45, 7) is 5.23. The highest BCUT2D eigenvalue weighted by Gasteiger charge is 2.17. The van der Waals surface area contributed by atoms with Gasteiger partial charge in [0.2, 0.25) is 0 Å². The van der Waals surface area contributed by atoms with Crippen LogP contribution >= 0.6 is 0 Å². The van der Waals surface area contributed by atoms with Gasteiger partial charge in [-0.1, -0.05) is 38.1 Å². The van der Waals surface area contributed by atoms with Crippen LogP contribution in [-0.4, -0.2) is 26.4 Å². The number of carbonyl (C=O) groups excluding carboxylic acids is 1. The van der Waals surface area contributed by atoms with Crippen molar-refractivity contribution in [3.05, 3.63) is 30.3 Å². The quantitative estimate of drug-likeness (QED) is 0.834. The first-order chi connectivity index (χ1) is 11.2. The highest BCUT2D eigenvalue weighted by atomic mass is 16.6. The van der Waals surface area contributed by atoms with E-state index in [0.717, 1.165) is 29.4 Å². The standard InChI is InChI=1S/C18H23NO4/c1-4-10-21-15-12-16(22-11-5-2)17(23-18(20)19-3)14-9-7-6-8-13(14)15/h6-9,12H,4-5,10-11H2,1-3H3,(H,19,20). The molecule has 0 saturated heterocycles. The molecule has 0 heterocycles. The summed E-state index contributed by atoms with van der Waals surface area (Å²) >= 11 is 0. The lowest BCUT2D eigenvalue weighted by Gasteiger charge is -2.17. The summed E-state index contributed by atoms with van der Waals surface area (Å²) in [5, 5.41) is 4.14. The molecule has 0 saturated carbocycles. The van der Waals surface area contributed by atoms with Crippen LogP contribution in [0.25, 0.3) is 10.8 Å². The third-order valence-corrected chi connectivity index (χ3v) is 3.25. The van der Waals surface area contributed by atoms with E-state index in [-0.39, 0.29) is 0 Å². The lowest BCUT2D eigenvalue weighted by atomic mass is 10.1. The summed E-state index contributed by atoms with van der Waals surface area (Å²) in [6, 6.07) is 9.46. The minimum absolute atomic E-state index is 0.414. The molecule has 2 aromatic carbocycles. The molecule has 0 aliphatic carbocycles. The summed E-state index contributed by atoms with van der Waals surface area (Å²) in [6.07, 6.45) is 1.24. The fraction of sp³-hybridized carbons (Fsp3) is 0.389. The Morgan fingerprint density at radius 3 is 2.22 bits per heavy atom. The molecule has 0 atom stereocenters. The first-order valence-corrected chi connectivity index (χ1v) is 7.92. The van der Waals surface area contributed by atoms with Crippen molar-refractivity contribution >= 4 is 16.9 Å². The summed E-state index contributed by atoms with van der Waals surface area (Å²) in [7, 11) is 1.52. The normalized spacial score (nSPS) is 10.4. The van der Waals surface area contributed by atoms with Gasteiger partial charge in [-0.2, -0.15) is 0 Å². The van der Waals surface area contributed by atoms with Gasteiger partial charge in [0.05, 0.1) is 13.2 Å². The molecule has 0 unspecified atom stereocenters. The van der Waals surface area contributed by atoms with Crippen LogP contribution in [0, 0.1) is 0 Å². The lowest BCUT2D eigenvalue weighted by Crippen LogP contribution is -2.22. The summed E-state index contributed by atoms with van der Waals surface area (Å²) < 4.78 is 17.0. The maximum Gasteiger partial charge on any atom is 0.412 e. The predicted molar refractivity (Wildman–Crippen MR) is 90.6 cm³/mol. The Kier molecular flexibility index (Phi) is 6.09. The van der Waals surface area contributed by atoms with Crippen LogP contribution < -0.4 is 19.5 Å². The second-order valence-electron chi connectivity index (χ2n) is 5.08. The highest BCUT2D eigenvalue weighted by molar-refractivity contribution is 5.97. The van der Waals surface area contributed by atoms with Crippen LogP contribution in [0.15, 0.2) is 30.3 Å². The van der Waals surface area contributed by atoms with Crippen molar-refractivity contribution in [3.8, 4) is 17.2 Å². The van der Waals surface area contributed by atoms with E-state index in [1.54, 1.807) is 6.07 Å². The Morgan fingerprint density at radius 2 is 1.61 bits per heavy atom. The van der Waals surface area contributed by atoms with Gasteiger partial charge in [-0.3, -0.25) is 0 Å². The monoisotopic (exact) mass is 317 g/mol. The lowest BCUT2D eigenvalue weighted by molar-refractivity contribution is 0.200. The Labute approximate surface area is 136 Å². The Bertz CT molecular complexity index is 669. The van der Waals surface area contributed by atoms with Gasteiger partial charge < -0.3 is 19.5 Å². The maximum atomic E-state index is 11.7. The van der Waals surface area contributed by atoms with Gasteiger partial charge in [0, 0.05) is 23.9 Å². The van der Waals surface area contributed by atoms with Gasteiger partial charge in [-0.15, -0.1) is 0 Å². The topological polar surface area (TPSA) is 56.8 Å². The number of fused-ring (bicyclic) bond motifs is 1. The molecule has 0 aromatic heterocycles. The molecule has 23 heavy (non-hydrogen) atoms. The number of benzene rings is 2. The molecule has 0 fully saturated rings. The third kappa shape index (κ3) is 4.06. The highest BCUT2D eigenvalue weighted by Crippen LogP contribution is 2.41. The van der Waals surface area contributed by atoms with Crippen molar-refractivity contribution in [1.29, 1.82) is 0 Å². The number of ether oxygens (including phenoxy) is 3. The fourth-order valence-corrected chi connectivity index (χ4v) is 2.19. The number of nitrogens with one attached hydrogen (secondary N) is 1. The second-order valence-corrected chi connectivity index (χ2v) is 5.08. The Hall–Kier alpha value is -2.43. The van der Waals surface area contributed by atoms with E-state index < -0.39 is 6.09 Å². The van der Waals surface area contributed by atoms with E-state index in [0.29, 0.717) is 24.7 Å². The Morgan fingerprint density at radius 1 is 1.00 bits per heavy atom. The van der Waals surface area contributed by atoms with Crippen LogP contribution in [0.2, 0.25) is 0 Å². The van der Waals surface area contributed by atoms with Gasteiger partial charge in [-0.05, 0) is 12.8 Å². The Balaban J connectivity index is 2.56. The number of rotatable bonds is 7. The predicted octanol–water partition coefficient (Wildman–Crippen LogP) is 4.14. The molecule has 5 heteroatoms. The van der Waals surface area contributed by atoms with Gasteiger partial charge in [-0.25, -0.2) is 4.79 Å². The van der Waals surface area contributed by atoms with Crippen molar-refractivity contribution < 1.29 is 19.0 Å². The van der Waals surface area contributed by atoms with E-state index in [1.165, 1.54) is 7.05 Å². The average molecular weight is 317 g/mol. The average Bonchev–Trinajstić information content (AvgIpc) is 2.59. The van der Waals surface area contributed by atoms with E-state index in [2.05, 4.69) is 12.2 Å². The molecule has 0 aliphatic rings. The molecule has 1 amide bonds. The molecule has 124 valence electrons. The van der Waals surface area contributed by atoms with E-state index in [9.17, 15) is 4.79 Å². The fourth-order valence-electron chi connectivity index (χ4n) is 2.19. The number of carbonyl (C=O) groups is 1. The molecule has 2 rings (SSSR count). The number of hydrogen-bond donors (Lipinski definition) is 1. The van der Waals surface area contributed by atoms with Crippen LogP contribution in [0.1, 0.15) is 26.7 Å². The van der Waals surface area contributed by atoms with Gasteiger partial charge >= 0.3 is 6.09 Å². The zero-order valence-electron chi connectivity index (χ0n) is 13.8. The SMILES string of the molecule is CCCOc1cc(OCCC)c2ccccc2c1OC(=O)NC. The second kappa shape index (κ2) is 8.27. The van der Waals surface area contributed by atoms with Crippen molar-refractivity contribution in [2.45, 2.75) is 26.7 Å². The van der Waals surface area contributed by atoms with Crippen molar-refractivity contribution in [1.82, 2.24) is 5.32 Å². The molecule has 0 radical (unpaired) electrons. The van der Waals surface area contributed by atoms with E-state index >= 15 is 0 Å². The molecule has 1 N–H and O–H groups in total. The molecule has 0 aliphatic heterocycles. The zero-order valence-corrected chi connectivity index (χ0v) is 13.8. The smallest absolute Gasteiger partial charge is 0.412 e. The molecular formula is C18H23NO4. The summed E-state index contributed by atoms with van der Waals surface area (Å²) in [5.41, 5.74) is 0. The number of hydrogen-bond acceptors (Lipinski definition) is 4. The third-order valence-electron chi connectivity index (χ3n) is 3.25. The number of amides is 1. The van der Waals surface area contributed by atoms with Gasteiger partial charge in [0.25, 0.3) is 0 Å². The molecule has 0 spiro atoms. The van der Waals surface area contributed by atoms with Crippen LogP contribution in [0.5, 0.6) is 17.2 Å². The zero-order chi connectivity index (χ0) is 16.7. The van der Waals surface area contributed by atoms with Crippen LogP contribution in [0.3, 0.4) is 0 Å².